The Balaban J connectivity index is 2.22. The van der Waals surface area contributed by atoms with Gasteiger partial charge in [0.25, 0.3) is 0 Å². The molecule has 0 aliphatic rings. The lowest BCUT2D eigenvalue weighted by Crippen LogP contribution is -2.02. The van der Waals surface area contributed by atoms with Gasteiger partial charge in [-0.3, -0.25) is 4.98 Å². The molecule has 2 aromatic rings. The Labute approximate surface area is 108 Å². The number of nitrogens with zero attached hydrogens (tertiary/aromatic N) is 3. The SMILES string of the molecule is CCCNc1cncc(-n2cc(I)cn2)c1. The van der Waals surface area contributed by atoms with E-state index in [1.165, 1.54) is 0 Å². The molecule has 5 heteroatoms. The van der Waals surface area contributed by atoms with E-state index < -0.39 is 0 Å². The minimum Gasteiger partial charge on any atom is -0.384 e. The molecular weight excluding hydrogens is 315 g/mol. The third-order valence-corrected chi connectivity index (χ3v) is 2.68. The molecule has 16 heavy (non-hydrogen) atoms. The van der Waals surface area contributed by atoms with E-state index in [4.69, 9.17) is 0 Å². The second kappa shape index (κ2) is 5.29. The molecule has 0 fully saturated rings. The Bertz CT molecular complexity index is 467. The van der Waals surface area contributed by atoms with Gasteiger partial charge in [-0.15, -0.1) is 0 Å². The maximum atomic E-state index is 4.25. The number of anilines is 1. The van der Waals surface area contributed by atoms with Crippen molar-refractivity contribution in [3.63, 3.8) is 0 Å². The van der Waals surface area contributed by atoms with Crippen LogP contribution in [0, 0.1) is 3.57 Å². The van der Waals surface area contributed by atoms with Crippen molar-refractivity contribution in [2.24, 2.45) is 0 Å². The van der Waals surface area contributed by atoms with Crippen molar-refractivity contribution in [2.75, 3.05) is 11.9 Å². The topological polar surface area (TPSA) is 42.7 Å². The Morgan fingerprint density at radius 2 is 2.25 bits per heavy atom. The van der Waals surface area contributed by atoms with Crippen LogP contribution in [0.3, 0.4) is 0 Å². The van der Waals surface area contributed by atoms with Gasteiger partial charge >= 0.3 is 0 Å². The van der Waals surface area contributed by atoms with Crippen LogP contribution in [0.5, 0.6) is 0 Å². The van der Waals surface area contributed by atoms with Gasteiger partial charge in [0, 0.05) is 12.7 Å². The summed E-state index contributed by atoms with van der Waals surface area (Å²) in [6.07, 6.45) is 8.53. The van der Waals surface area contributed by atoms with Crippen LogP contribution in [0.15, 0.2) is 30.9 Å². The van der Waals surface area contributed by atoms with Gasteiger partial charge in [0.05, 0.1) is 33.5 Å². The molecule has 0 aliphatic carbocycles. The van der Waals surface area contributed by atoms with Crippen molar-refractivity contribution in [2.45, 2.75) is 13.3 Å². The molecule has 2 aromatic heterocycles. The highest BCUT2D eigenvalue weighted by Gasteiger charge is 2.00. The zero-order chi connectivity index (χ0) is 11.4. The summed E-state index contributed by atoms with van der Waals surface area (Å²) in [5, 5.41) is 7.55. The summed E-state index contributed by atoms with van der Waals surface area (Å²) in [4.78, 5) is 4.20. The fraction of sp³-hybridized carbons (Fsp3) is 0.273. The molecule has 0 saturated heterocycles. The van der Waals surface area contributed by atoms with Gasteiger partial charge in [0.15, 0.2) is 0 Å². The van der Waals surface area contributed by atoms with Crippen LogP contribution in [0.25, 0.3) is 5.69 Å². The summed E-state index contributed by atoms with van der Waals surface area (Å²) in [5.74, 6) is 0. The zero-order valence-corrected chi connectivity index (χ0v) is 11.2. The molecule has 0 aliphatic heterocycles. The van der Waals surface area contributed by atoms with Crippen LogP contribution in [-0.4, -0.2) is 21.3 Å². The molecule has 0 amide bonds. The number of nitrogens with one attached hydrogen (secondary N) is 1. The Kier molecular flexibility index (Phi) is 3.76. The second-order valence-corrected chi connectivity index (χ2v) is 4.71. The molecule has 0 spiro atoms. The maximum absolute atomic E-state index is 4.25. The Hall–Kier alpha value is -1.11. The highest BCUT2D eigenvalue weighted by atomic mass is 127. The van der Waals surface area contributed by atoms with E-state index in [9.17, 15) is 0 Å². The number of hydrogen-bond acceptors (Lipinski definition) is 3. The van der Waals surface area contributed by atoms with Crippen molar-refractivity contribution in [3.8, 4) is 5.69 Å². The number of halogens is 1. The normalized spacial score (nSPS) is 10.4. The summed E-state index contributed by atoms with van der Waals surface area (Å²) < 4.78 is 2.94. The van der Waals surface area contributed by atoms with Gasteiger partial charge in [-0.05, 0) is 35.1 Å². The fourth-order valence-electron chi connectivity index (χ4n) is 1.36. The monoisotopic (exact) mass is 328 g/mol. The van der Waals surface area contributed by atoms with Gasteiger partial charge in [0.1, 0.15) is 0 Å². The van der Waals surface area contributed by atoms with Crippen LogP contribution >= 0.6 is 22.6 Å². The van der Waals surface area contributed by atoms with Crippen molar-refractivity contribution in [1.29, 1.82) is 0 Å². The van der Waals surface area contributed by atoms with Crippen molar-refractivity contribution in [1.82, 2.24) is 14.8 Å². The molecule has 0 saturated carbocycles. The van der Waals surface area contributed by atoms with E-state index in [0.29, 0.717) is 0 Å². The van der Waals surface area contributed by atoms with Crippen molar-refractivity contribution < 1.29 is 0 Å². The highest BCUT2D eigenvalue weighted by molar-refractivity contribution is 14.1. The first-order valence-electron chi connectivity index (χ1n) is 5.19. The van der Waals surface area contributed by atoms with E-state index >= 15 is 0 Å². The molecule has 0 atom stereocenters. The average Bonchev–Trinajstić information content (AvgIpc) is 2.74. The van der Waals surface area contributed by atoms with Gasteiger partial charge in [-0.25, -0.2) is 4.68 Å². The van der Waals surface area contributed by atoms with Crippen LogP contribution < -0.4 is 5.32 Å². The molecule has 1 N–H and O–H groups in total. The molecule has 0 bridgehead atoms. The molecule has 4 nitrogen and oxygen atoms in total. The summed E-state index contributed by atoms with van der Waals surface area (Å²) >= 11 is 2.24. The third-order valence-electron chi connectivity index (χ3n) is 2.12. The van der Waals surface area contributed by atoms with Crippen LogP contribution in [-0.2, 0) is 0 Å². The largest absolute Gasteiger partial charge is 0.384 e. The van der Waals surface area contributed by atoms with Gasteiger partial charge < -0.3 is 5.32 Å². The lowest BCUT2D eigenvalue weighted by molar-refractivity contribution is 0.873. The third kappa shape index (κ3) is 2.72. The number of pyridine rings is 1. The lowest BCUT2D eigenvalue weighted by Gasteiger charge is -2.06. The predicted molar refractivity (Wildman–Crippen MR) is 72.9 cm³/mol. The molecule has 2 rings (SSSR count). The average molecular weight is 328 g/mol. The first-order valence-corrected chi connectivity index (χ1v) is 6.27. The van der Waals surface area contributed by atoms with Crippen LogP contribution in [0.4, 0.5) is 5.69 Å². The van der Waals surface area contributed by atoms with Crippen molar-refractivity contribution >= 4 is 28.3 Å². The molecule has 0 unspecified atom stereocenters. The minimum absolute atomic E-state index is 0.960. The number of rotatable bonds is 4. The van der Waals surface area contributed by atoms with Crippen LogP contribution in [0.2, 0.25) is 0 Å². The highest BCUT2D eigenvalue weighted by Crippen LogP contribution is 2.13. The van der Waals surface area contributed by atoms with E-state index in [-0.39, 0.29) is 0 Å². The summed E-state index contributed by atoms with van der Waals surface area (Å²) in [6, 6.07) is 2.05. The molecule has 0 radical (unpaired) electrons. The maximum Gasteiger partial charge on any atom is 0.0849 e. The molecule has 84 valence electrons. The van der Waals surface area contributed by atoms with E-state index in [0.717, 1.165) is 27.9 Å². The Morgan fingerprint density at radius 1 is 1.38 bits per heavy atom. The fourth-order valence-corrected chi connectivity index (χ4v) is 1.75. The van der Waals surface area contributed by atoms with E-state index in [1.54, 1.807) is 6.20 Å². The quantitative estimate of drug-likeness (QED) is 0.878. The van der Waals surface area contributed by atoms with Gasteiger partial charge in [-0.2, -0.15) is 5.10 Å². The zero-order valence-electron chi connectivity index (χ0n) is 9.02. The smallest absolute Gasteiger partial charge is 0.0849 e. The summed E-state index contributed by atoms with van der Waals surface area (Å²) in [7, 11) is 0. The molecular formula is C11H13IN4. The second-order valence-electron chi connectivity index (χ2n) is 3.46. The van der Waals surface area contributed by atoms with Crippen LogP contribution in [0.1, 0.15) is 13.3 Å². The van der Waals surface area contributed by atoms with Gasteiger partial charge in [-0.1, -0.05) is 6.92 Å². The lowest BCUT2D eigenvalue weighted by atomic mass is 10.3. The number of hydrogen-bond donors (Lipinski definition) is 1. The predicted octanol–water partition coefficient (Wildman–Crippen LogP) is 2.69. The molecule has 0 aromatic carbocycles. The first-order chi connectivity index (χ1) is 7.79. The van der Waals surface area contributed by atoms with Crippen molar-refractivity contribution in [3.05, 3.63) is 34.4 Å². The molecule has 2 heterocycles. The summed E-state index contributed by atoms with van der Waals surface area (Å²) in [5.41, 5.74) is 2.01. The van der Waals surface area contributed by atoms with E-state index in [1.807, 2.05) is 29.3 Å². The minimum atomic E-state index is 0.960. The standard InChI is InChI=1S/C11H13IN4/c1-2-3-14-10-4-11(7-13-6-10)16-8-9(12)5-15-16/h4-8,14H,2-3H2,1H3. The first kappa shape index (κ1) is 11.4. The van der Waals surface area contributed by atoms with Gasteiger partial charge in [0.2, 0.25) is 0 Å². The summed E-state index contributed by atoms with van der Waals surface area (Å²) in [6.45, 7) is 3.10. The Morgan fingerprint density at radius 3 is 2.94 bits per heavy atom. The van der Waals surface area contributed by atoms with E-state index in [2.05, 4.69) is 44.9 Å². The number of aromatic nitrogens is 3.